The molecule has 1 N–H and O–H groups in total. The molecule has 2 rings (SSSR count). The minimum absolute atomic E-state index is 0.0250. The Hall–Kier alpha value is -1.06. The third-order valence-corrected chi connectivity index (χ3v) is 4.59. The number of carbonyl (C=O) groups is 2. The maximum atomic E-state index is 12.7. The highest BCUT2D eigenvalue weighted by molar-refractivity contribution is 5.99. The summed E-state index contributed by atoms with van der Waals surface area (Å²) in [5, 5.41) is 2.99. The highest BCUT2D eigenvalue weighted by atomic mass is 16.2. The van der Waals surface area contributed by atoms with Gasteiger partial charge in [0.05, 0.1) is 0 Å². The third kappa shape index (κ3) is 2.77. The van der Waals surface area contributed by atoms with Crippen molar-refractivity contribution in [1.29, 1.82) is 0 Å². The van der Waals surface area contributed by atoms with Gasteiger partial charge in [-0.25, -0.2) is 0 Å². The van der Waals surface area contributed by atoms with Gasteiger partial charge in [-0.15, -0.1) is 0 Å². The Bertz CT molecular complexity index is 348. The van der Waals surface area contributed by atoms with Crippen LogP contribution in [-0.2, 0) is 9.59 Å². The van der Waals surface area contributed by atoms with Gasteiger partial charge >= 0.3 is 0 Å². The number of unbranched alkanes of at least 4 members (excludes halogenated alkanes) is 3. The first-order valence-electron chi connectivity index (χ1n) is 7.74. The van der Waals surface area contributed by atoms with Gasteiger partial charge in [-0.05, 0) is 26.2 Å². The molecule has 0 bridgehead atoms. The maximum absolute atomic E-state index is 12.7. The summed E-state index contributed by atoms with van der Waals surface area (Å²) in [5.74, 6) is 0.186. The fourth-order valence-electron chi connectivity index (χ4n) is 3.31. The third-order valence-electron chi connectivity index (χ3n) is 4.59. The molecule has 0 radical (unpaired) electrons. The summed E-state index contributed by atoms with van der Waals surface area (Å²) in [6, 6.07) is -0.305. The van der Waals surface area contributed by atoms with E-state index in [1.807, 2.05) is 11.8 Å². The van der Waals surface area contributed by atoms with Gasteiger partial charge in [0.2, 0.25) is 11.8 Å². The molecule has 1 heterocycles. The molecule has 1 aliphatic heterocycles. The van der Waals surface area contributed by atoms with Crippen molar-refractivity contribution < 1.29 is 9.59 Å². The monoisotopic (exact) mass is 266 g/mol. The number of piperazine rings is 1. The highest BCUT2D eigenvalue weighted by Gasteiger charge is 2.50. The van der Waals surface area contributed by atoms with Crippen LogP contribution >= 0.6 is 0 Å². The van der Waals surface area contributed by atoms with Crippen LogP contribution in [0.25, 0.3) is 0 Å². The largest absolute Gasteiger partial charge is 0.340 e. The predicted octanol–water partition coefficient (Wildman–Crippen LogP) is 2.23. The van der Waals surface area contributed by atoms with Crippen molar-refractivity contribution in [3.63, 3.8) is 0 Å². The van der Waals surface area contributed by atoms with E-state index in [9.17, 15) is 9.59 Å². The lowest BCUT2D eigenvalue weighted by atomic mass is 9.91. The van der Waals surface area contributed by atoms with Gasteiger partial charge in [0.15, 0.2) is 0 Å². The second kappa shape index (κ2) is 5.93. The topological polar surface area (TPSA) is 49.4 Å². The Morgan fingerprint density at radius 3 is 2.53 bits per heavy atom. The van der Waals surface area contributed by atoms with E-state index in [4.69, 9.17) is 0 Å². The van der Waals surface area contributed by atoms with E-state index in [0.717, 1.165) is 45.1 Å². The van der Waals surface area contributed by atoms with Crippen molar-refractivity contribution in [2.24, 2.45) is 0 Å². The zero-order valence-electron chi connectivity index (χ0n) is 12.2. The van der Waals surface area contributed by atoms with Crippen LogP contribution in [0.2, 0.25) is 0 Å². The number of hydrogen-bond donors (Lipinski definition) is 1. The Morgan fingerprint density at radius 2 is 1.89 bits per heavy atom. The number of hydrogen-bond acceptors (Lipinski definition) is 2. The normalized spacial score (nSPS) is 26.0. The number of nitrogens with one attached hydrogen (secondary N) is 1. The number of rotatable bonds is 5. The van der Waals surface area contributed by atoms with Crippen LogP contribution in [0.1, 0.15) is 65.2 Å². The molecule has 0 aromatic carbocycles. The lowest BCUT2D eigenvalue weighted by molar-refractivity contribution is -0.154. The Morgan fingerprint density at radius 1 is 1.21 bits per heavy atom. The summed E-state index contributed by atoms with van der Waals surface area (Å²) in [6.07, 6.45) is 8.26. The molecule has 0 aromatic heterocycles. The van der Waals surface area contributed by atoms with E-state index in [2.05, 4.69) is 12.2 Å². The van der Waals surface area contributed by atoms with Crippen molar-refractivity contribution in [2.45, 2.75) is 76.8 Å². The molecule has 1 spiro atoms. The van der Waals surface area contributed by atoms with Crippen molar-refractivity contribution in [2.75, 3.05) is 6.54 Å². The number of nitrogens with zero attached hydrogens (tertiary/aromatic N) is 1. The summed E-state index contributed by atoms with van der Waals surface area (Å²) in [6.45, 7) is 4.75. The van der Waals surface area contributed by atoms with Gasteiger partial charge in [0.25, 0.3) is 0 Å². The van der Waals surface area contributed by atoms with E-state index in [1.54, 1.807) is 0 Å². The minimum atomic E-state index is -0.561. The molecule has 4 heteroatoms. The van der Waals surface area contributed by atoms with Gasteiger partial charge in [-0.3, -0.25) is 9.59 Å². The average Bonchev–Trinajstić information content (AvgIpc) is 2.85. The first-order chi connectivity index (χ1) is 9.10. The average molecular weight is 266 g/mol. The lowest BCUT2D eigenvalue weighted by Gasteiger charge is -2.43. The molecule has 1 aliphatic carbocycles. The molecular formula is C15H26N2O2. The standard InChI is InChI=1S/C15H26N2O2/c1-3-4-5-8-11-17-12(2)13(18)16-15(14(17)19)9-6-7-10-15/h12H,3-11H2,1-2H3,(H,16,18). The quantitative estimate of drug-likeness (QED) is 0.776. The first-order valence-corrected chi connectivity index (χ1v) is 7.74. The maximum Gasteiger partial charge on any atom is 0.248 e. The second-order valence-electron chi connectivity index (χ2n) is 6.01. The lowest BCUT2D eigenvalue weighted by Crippen LogP contribution is -2.68. The van der Waals surface area contributed by atoms with E-state index >= 15 is 0 Å². The summed E-state index contributed by atoms with van der Waals surface area (Å²) in [5.41, 5.74) is -0.561. The van der Waals surface area contributed by atoms with E-state index in [1.165, 1.54) is 12.8 Å². The van der Waals surface area contributed by atoms with Crippen molar-refractivity contribution in [3.05, 3.63) is 0 Å². The van der Waals surface area contributed by atoms with Crippen LogP contribution in [0.4, 0.5) is 0 Å². The van der Waals surface area contributed by atoms with E-state index < -0.39 is 5.54 Å². The molecule has 108 valence electrons. The molecule has 2 aliphatic rings. The Kier molecular flexibility index (Phi) is 4.48. The summed E-state index contributed by atoms with van der Waals surface area (Å²) in [7, 11) is 0. The molecular weight excluding hydrogens is 240 g/mol. The van der Waals surface area contributed by atoms with Crippen LogP contribution in [0.5, 0.6) is 0 Å². The number of amides is 2. The fourth-order valence-corrected chi connectivity index (χ4v) is 3.31. The predicted molar refractivity (Wildman–Crippen MR) is 74.7 cm³/mol. The minimum Gasteiger partial charge on any atom is -0.340 e. The van der Waals surface area contributed by atoms with Crippen LogP contribution in [0.3, 0.4) is 0 Å². The molecule has 1 saturated carbocycles. The molecule has 1 unspecified atom stereocenters. The van der Waals surface area contributed by atoms with Crippen LogP contribution in [0.15, 0.2) is 0 Å². The summed E-state index contributed by atoms with van der Waals surface area (Å²) < 4.78 is 0. The zero-order valence-corrected chi connectivity index (χ0v) is 12.2. The molecule has 2 fully saturated rings. The molecule has 0 aromatic rings. The molecule has 2 amide bonds. The second-order valence-corrected chi connectivity index (χ2v) is 6.01. The van der Waals surface area contributed by atoms with Crippen LogP contribution in [-0.4, -0.2) is 34.8 Å². The molecule has 4 nitrogen and oxygen atoms in total. The smallest absolute Gasteiger partial charge is 0.248 e. The van der Waals surface area contributed by atoms with Gasteiger partial charge in [0, 0.05) is 6.54 Å². The van der Waals surface area contributed by atoms with Gasteiger partial charge < -0.3 is 10.2 Å². The van der Waals surface area contributed by atoms with Crippen molar-refractivity contribution in [3.8, 4) is 0 Å². The Labute approximate surface area is 115 Å². The molecule has 1 atom stereocenters. The fraction of sp³-hybridized carbons (Fsp3) is 0.867. The molecule has 1 saturated heterocycles. The van der Waals surface area contributed by atoms with Crippen LogP contribution < -0.4 is 5.32 Å². The van der Waals surface area contributed by atoms with Gasteiger partial charge in [0.1, 0.15) is 11.6 Å². The van der Waals surface area contributed by atoms with Crippen molar-refractivity contribution in [1.82, 2.24) is 10.2 Å². The zero-order chi connectivity index (χ0) is 13.9. The van der Waals surface area contributed by atoms with E-state index in [0.29, 0.717) is 0 Å². The van der Waals surface area contributed by atoms with Crippen LogP contribution in [0, 0.1) is 0 Å². The summed E-state index contributed by atoms with van der Waals surface area (Å²) >= 11 is 0. The van der Waals surface area contributed by atoms with Gasteiger partial charge in [-0.1, -0.05) is 39.0 Å². The van der Waals surface area contributed by atoms with E-state index in [-0.39, 0.29) is 17.9 Å². The van der Waals surface area contributed by atoms with Gasteiger partial charge in [-0.2, -0.15) is 0 Å². The Balaban J connectivity index is 2.02. The molecule has 19 heavy (non-hydrogen) atoms. The summed E-state index contributed by atoms with van der Waals surface area (Å²) in [4.78, 5) is 26.6. The van der Waals surface area contributed by atoms with Crippen molar-refractivity contribution >= 4 is 11.8 Å². The first kappa shape index (κ1) is 14.4. The number of carbonyl (C=O) groups excluding carboxylic acids is 2. The SMILES string of the molecule is CCCCCCN1C(=O)C2(CCCC2)NC(=O)C1C. The highest BCUT2D eigenvalue weighted by Crippen LogP contribution is 2.34.